The van der Waals surface area contributed by atoms with Gasteiger partial charge in [0, 0.05) is 24.9 Å². The number of rotatable bonds is 6. The molecule has 96 valence electrons. The van der Waals surface area contributed by atoms with Crippen molar-refractivity contribution < 1.29 is 4.74 Å². The zero-order chi connectivity index (χ0) is 12.1. The minimum atomic E-state index is 0.366. The molecule has 1 aromatic rings. The Morgan fingerprint density at radius 3 is 3.18 bits per heavy atom. The Hall–Kier alpha value is -0.870. The molecule has 0 aliphatic carbocycles. The van der Waals surface area contributed by atoms with Crippen molar-refractivity contribution >= 4 is 0 Å². The Morgan fingerprint density at radius 2 is 2.47 bits per heavy atom. The van der Waals surface area contributed by atoms with Gasteiger partial charge in [0.2, 0.25) is 0 Å². The summed E-state index contributed by atoms with van der Waals surface area (Å²) in [6, 6.07) is 0. The summed E-state index contributed by atoms with van der Waals surface area (Å²) in [4.78, 5) is 0. The standard InChI is InChI=1S/C13H23N3O/c1-3-6-14-8-12-9-16(15-11(12)2)10-13-5-4-7-17-13/h9,13-14H,3-8,10H2,1-2H3. The Labute approximate surface area is 103 Å². The third-order valence-electron chi connectivity index (χ3n) is 3.20. The van der Waals surface area contributed by atoms with Crippen LogP contribution in [0.5, 0.6) is 0 Å². The van der Waals surface area contributed by atoms with Gasteiger partial charge in [-0.15, -0.1) is 0 Å². The van der Waals surface area contributed by atoms with Crippen molar-refractivity contribution in [1.29, 1.82) is 0 Å². The highest BCUT2D eigenvalue weighted by Crippen LogP contribution is 2.14. The van der Waals surface area contributed by atoms with Crippen molar-refractivity contribution in [1.82, 2.24) is 15.1 Å². The summed E-state index contributed by atoms with van der Waals surface area (Å²) in [5.74, 6) is 0. The van der Waals surface area contributed by atoms with E-state index in [-0.39, 0.29) is 0 Å². The van der Waals surface area contributed by atoms with E-state index in [9.17, 15) is 0 Å². The first-order valence-corrected chi connectivity index (χ1v) is 6.65. The molecular weight excluding hydrogens is 214 g/mol. The first-order valence-electron chi connectivity index (χ1n) is 6.65. The molecule has 0 radical (unpaired) electrons. The number of aromatic nitrogens is 2. The molecule has 0 aromatic carbocycles. The number of nitrogens with zero attached hydrogens (tertiary/aromatic N) is 2. The molecule has 4 nitrogen and oxygen atoms in total. The van der Waals surface area contributed by atoms with Crippen LogP contribution < -0.4 is 5.32 Å². The maximum Gasteiger partial charge on any atom is 0.0771 e. The molecule has 1 aromatic heterocycles. The van der Waals surface area contributed by atoms with Crippen LogP contribution in [0.25, 0.3) is 0 Å². The minimum absolute atomic E-state index is 0.366. The molecule has 0 amide bonds. The summed E-state index contributed by atoms with van der Waals surface area (Å²) >= 11 is 0. The lowest BCUT2D eigenvalue weighted by molar-refractivity contribution is 0.0939. The maximum absolute atomic E-state index is 5.63. The van der Waals surface area contributed by atoms with Gasteiger partial charge in [-0.3, -0.25) is 4.68 Å². The summed E-state index contributed by atoms with van der Waals surface area (Å²) in [5.41, 5.74) is 2.43. The molecule has 4 heteroatoms. The van der Waals surface area contributed by atoms with E-state index in [2.05, 4.69) is 30.5 Å². The fourth-order valence-electron chi connectivity index (χ4n) is 2.22. The van der Waals surface area contributed by atoms with Crippen LogP contribution in [0, 0.1) is 6.92 Å². The number of aryl methyl sites for hydroxylation is 1. The van der Waals surface area contributed by atoms with Crippen LogP contribution >= 0.6 is 0 Å². The molecule has 1 N–H and O–H groups in total. The summed E-state index contributed by atoms with van der Waals surface area (Å²) in [5, 5.41) is 7.96. The zero-order valence-electron chi connectivity index (χ0n) is 10.9. The Bertz CT molecular complexity index is 342. The second-order valence-corrected chi connectivity index (χ2v) is 4.77. The van der Waals surface area contributed by atoms with Crippen LogP contribution in [0.1, 0.15) is 37.4 Å². The Balaban J connectivity index is 1.88. The van der Waals surface area contributed by atoms with Crippen LogP contribution in [0.3, 0.4) is 0 Å². The summed E-state index contributed by atoms with van der Waals surface area (Å²) in [6.45, 7) is 8.06. The lowest BCUT2D eigenvalue weighted by atomic mass is 10.2. The normalized spacial score (nSPS) is 20.0. The van der Waals surface area contributed by atoms with Gasteiger partial charge in [0.1, 0.15) is 0 Å². The van der Waals surface area contributed by atoms with Crippen molar-refractivity contribution in [3.63, 3.8) is 0 Å². The molecule has 17 heavy (non-hydrogen) atoms. The predicted octanol–water partition coefficient (Wildman–Crippen LogP) is 1.87. The van der Waals surface area contributed by atoms with Gasteiger partial charge >= 0.3 is 0 Å². The average molecular weight is 237 g/mol. The molecule has 1 unspecified atom stereocenters. The van der Waals surface area contributed by atoms with E-state index in [1.807, 2.05) is 4.68 Å². The second kappa shape index (κ2) is 6.17. The van der Waals surface area contributed by atoms with E-state index < -0.39 is 0 Å². The van der Waals surface area contributed by atoms with E-state index in [1.54, 1.807) is 0 Å². The number of ether oxygens (including phenoxy) is 1. The minimum Gasteiger partial charge on any atom is -0.376 e. The Kier molecular flexibility index (Phi) is 4.57. The van der Waals surface area contributed by atoms with Crippen LogP contribution in [0.4, 0.5) is 0 Å². The van der Waals surface area contributed by atoms with Gasteiger partial charge in [-0.25, -0.2) is 0 Å². The van der Waals surface area contributed by atoms with Gasteiger partial charge in [0.15, 0.2) is 0 Å². The zero-order valence-corrected chi connectivity index (χ0v) is 10.9. The molecule has 2 heterocycles. The summed E-state index contributed by atoms with van der Waals surface area (Å²) in [6.07, 6.45) is 6.05. The van der Waals surface area contributed by atoms with Crippen LogP contribution in [0.15, 0.2) is 6.20 Å². The fourth-order valence-corrected chi connectivity index (χ4v) is 2.22. The molecule has 2 rings (SSSR count). The number of hydrogen-bond acceptors (Lipinski definition) is 3. The molecule has 0 bridgehead atoms. The lowest BCUT2D eigenvalue weighted by Crippen LogP contribution is -2.15. The van der Waals surface area contributed by atoms with Crippen LogP contribution in [-0.2, 0) is 17.8 Å². The highest BCUT2D eigenvalue weighted by molar-refractivity contribution is 5.15. The van der Waals surface area contributed by atoms with Crippen molar-refractivity contribution in [2.75, 3.05) is 13.2 Å². The third-order valence-corrected chi connectivity index (χ3v) is 3.20. The highest BCUT2D eigenvalue weighted by Gasteiger charge is 2.16. The largest absolute Gasteiger partial charge is 0.376 e. The first-order chi connectivity index (χ1) is 8.29. The monoisotopic (exact) mass is 237 g/mol. The van der Waals surface area contributed by atoms with E-state index in [4.69, 9.17) is 4.74 Å². The van der Waals surface area contributed by atoms with Gasteiger partial charge in [-0.1, -0.05) is 6.92 Å². The van der Waals surface area contributed by atoms with Crippen molar-refractivity contribution in [3.05, 3.63) is 17.5 Å². The SMILES string of the molecule is CCCNCc1cn(CC2CCCO2)nc1C. The van der Waals surface area contributed by atoms with Crippen molar-refractivity contribution in [2.24, 2.45) is 0 Å². The van der Waals surface area contributed by atoms with Gasteiger partial charge in [-0.05, 0) is 32.7 Å². The van der Waals surface area contributed by atoms with Crippen molar-refractivity contribution in [3.8, 4) is 0 Å². The van der Waals surface area contributed by atoms with E-state index >= 15 is 0 Å². The molecule has 1 fully saturated rings. The highest BCUT2D eigenvalue weighted by atomic mass is 16.5. The quantitative estimate of drug-likeness (QED) is 0.768. The molecule has 0 saturated carbocycles. The molecule has 1 aliphatic heterocycles. The smallest absolute Gasteiger partial charge is 0.0771 e. The maximum atomic E-state index is 5.63. The molecule has 1 saturated heterocycles. The van der Waals surface area contributed by atoms with Gasteiger partial charge in [-0.2, -0.15) is 5.10 Å². The van der Waals surface area contributed by atoms with Crippen molar-refractivity contribution in [2.45, 2.75) is 52.3 Å². The summed E-state index contributed by atoms with van der Waals surface area (Å²) in [7, 11) is 0. The molecule has 1 aliphatic rings. The van der Waals surface area contributed by atoms with E-state index in [0.29, 0.717) is 6.10 Å². The predicted molar refractivity (Wildman–Crippen MR) is 67.9 cm³/mol. The topological polar surface area (TPSA) is 39.1 Å². The van der Waals surface area contributed by atoms with E-state index in [0.717, 1.165) is 31.9 Å². The lowest BCUT2D eigenvalue weighted by Gasteiger charge is -2.08. The third kappa shape index (κ3) is 3.54. The average Bonchev–Trinajstić information content (AvgIpc) is 2.91. The van der Waals surface area contributed by atoms with E-state index in [1.165, 1.54) is 24.8 Å². The molecule has 1 atom stereocenters. The summed E-state index contributed by atoms with van der Waals surface area (Å²) < 4.78 is 7.66. The van der Waals surface area contributed by atoms with Gasteiger partial charge < -0.3 is 10.1 Å². The van der Waals surface area contributed by atoms with Gasteiger partial charge in [0.05, 0.1) is 18.3 Å². The second-order valence-electron chi connectivity index (χ2n) is 4.77. The Morgan fingerprint density at radius 1 is 1.59 bits per heavy atom. The number of hydrogen-bond donors (Lipinski definition) is 1. The van der Waals surface area contributed by atoms with Crippen LogP contribution in [-0.4, -0.2) is 29.0 Å². The van der Waals surface area contributed by atoms with Crippen LogP contribution in [0.2, 0.25) is 0 Å². The fraction of sp³-hybridized carbons (Fsp3) is 0.769. The molecule has 0 spiro atoms. The number of nitrogens with one attached hydrogen (secondary N) is 1. The molecular formula is C13H23N3O. The first kappa shape index (κ1) is 12.6. The van der Waals surface area contributed by atoms with Gasteiger partial charge in [0.25, 0.3) is 0 Å².